The Bertz CT molecular complexity index is 740. The van der Waals surface area contributed by atoms with Crippen LogP contribution in [0.5, 0.6) is 0 Å². The third kappa shape index (κ3) is 2.06. The monoisotopic (exact) mass is 253 g/mol. The highest BCUT2D eigenvalue weighted by Gasteiger charge is 2.09. The fraction of sp³-hybridized carbons (Fsp3) is 0.0667. The first kappa shape index (κ1) is 11.7. The van der Waals surface area contributed by atoms with Gasteiger partial charge in [0.1, 0.15) is 5.82 Å². The number of halogens is 1. The minimum Gasteiger partial charge on any atom is -0.325 e. The average molecular weight is 253 g/mol. The van der Waals surface area contributed by atoms with Gasteiger partial charge in [-0.2, -0.15) is 0 Å². The lowest BCUT2D eigenvalue weighted by molar-refractivity contribution is 0.640. The van der Waals surface area contributed by atoms with Crippen LogP contribution in [0.2, 0.25) is 0 Å². The summed E-state index contributed by atoms with van der Waals surface area (Å²) in [5, 5.41) is 1.37. The summed E-state index contributed by atoms with van der Waals surface area (Å²) in [4.78, 5) is 8.63. The molecule has 0 saturated carbocycles. The minimum atomic E-state index is -0.241. The molecule has 0 spiro atoms. The fourth-order valence-corrected chi connectivity index (χ4v) is 2.10. The molecule has 1 aromatic heterocycles. The van der Waals surface area contributed by atoms with Crippen molar-refractivity contribution < 1.29 is 4.39 Å². The third-order valence-corrected chi connectivity index (χ3v) is 3.03. The van der Waals surface area contributed by atoms with Crippen molar-refractivity contribution in [2.75, 3.05) is 0 Å². The molecule has 3 rings (SSSR count). The highest BCUT2D eigenvalue weighted by molar-refractivity contribution is 5.95. The molecule has 3 aromatic rings. The van der Waals surface area contributed by atoms with Gasteiger partial charge in [0.05, 0.1) is 5.69 Å². The molecule has 0 radical (unpaired) electrons. The van der Waals surface area contributed by atoms with Crippen molar-refractivity contribution in [2.45, 2.75) is 6.54 Å². The van der Waals surface area contributed by atoms with Crippen molar-refractivity contribution in [1.82, 2.24) is 9.97 Å². The molecule has 94 valence electrons. The van der Waals surface area contributed by atoms with E-state index in [4.69, 9.17) is 5.73 Å². The van der Waals surface area contributed by atoms with E-state index in [0.29, 0.717) is 17.8 Å². The zero-order chi connectivity index (χ0) is 13.2. The number of hydrogen-bond acceptors (Lipinski definition) is 3. The molecule has 0 aliphatic carbocycles. The number of nitrogens with two attached hydrogens (primary N) is 1. The van der Waals surface area contributed by atoms with Crippen LogP contribution in [0.3, 0.4) is 0 Å². The van der Waals surface area contributed by atoms with E-state index in [1.54, 1.807) is 24.4 Å². The highest BCUT2D eigenvalue weighted by Crippen LogP contribution is 2.27. The maximum Gasteiger partial charge on any atom is 0.160 e. The SMILES string of the molecule is NCc1ccnc(-c2ccc(F)c3ccccc23)n1. The maximum atomic E-state index is 13.8. The predicted molar refractivity (Wildman–Crippen MR) is 72.8 cm³/mol. The van der Waals surface area contributed by atoms with Gasteiger partial charge < -0.3 is 5.73 Å². The molecule has 0 atom stereocenters. The molecule has 19 heavy (non-hydrogen) atoms. The molecule has 1 heterocycles. The average Bonchev–Trinajstić information content (AvgIpc) is 2.48. The van der Waals surface area contributed by atoms with Crippen LogP contribution in [-0.4, -0.2) is 9.97 Å². The van der Waals surface area contributed by atoms with E-state index >= 15 is 0 Å². The lowest BCUT2D eigenvalue weighted by Gasteiger charge is -2.07. The van der Waals surface area contributed by atoms with Crippen LogP contribution in [-0.2, 0) is 6.54 Å². The van der Waals surface area contributed by atoms with Crippen LogP contribution in [0, 0.1) is 5.82 Å². The van der Waals surface area contributed by atoms with Gasteiger partial charge in [-0.05, 0) is 23.6 Å². The molecule has 0 amide bonds. The quantitative estimate of drug-likeness (QED) is 0.764. The maximum absolute atomic E-state index is 13.8. The summed E-state index contributed by atoms with van der Waals surface area (Å²) in [6.45, 7) is 0.356. The van der Waals surface area contributed by atoms with Gasteiger partial charge in [0.25, 0.3) is 0 Å². The molecular formula is C15H12FN3. The van der Waals surface area contributed by atoms with E-state index in [9.17, 15) is 4.39 Å². The van der Waals surface area contributed by atoms with Crippen molar-refractivity contribution in [2.24, 2.45) is 5.73 Å². The Morgan fingerprint density at radius 2 is 1.79 bits per heavy atom. The van der Waals surface area contributed by atoms with E-state index < -0.39 is 0 Å². The summed E-state index contributed by atoms with van der Waals surface area (Å²) in [6, 6.07) is 12.2. The number of rotatable bonds is 2. The van der Waals surface area contributed by atoms with Crippen molar-refractivity contribution in [3.63, 3.8) is 0 Å². The summed E-state index contributed by atoms with van der Waals surface area (Å²) in [5.74, 6) is 0.327. The predicted octanol–water partition coefficient (Wildman–Crippen LogP) is 2.89. The Morgan fingerprint density at radius 1 is 1.00 bits per heavy atom. The highest BCUT2D eigenvalue weighted by atomic mass is 19.1. The molecule has 2 N–H and O–H groups in total. The van der Waals surface area contributed by atoms with Crippen molar-refractivity contribution in [3.8, 4) is 11.4 Å². The molecule has 4 heteroatoms. The third-order valence-electron chi connectivity index (χ3n) is 3.03. The zero-order valence-corrected chi connectivity index (χ0v) is 10.2. The van der Waals surface area contributed by atoms with Gasteiger partial charge in [0.15, 0.2) is 5.82 Å². The standard InChI is InChI=1S/C15H12FN3/c16-14-6-5-13(11-3-1-2-4-12(11)14)15-18-8-7-10(9-17)19-15/h1-8H,9,17H2. The van der Waals surface area contributed by atoms with Gasteiger partial charge in [0, 0.05) is 23.7 Å². The Balaban J connectivity index is 2.28. The summed E-state index contributed by atoms with van der Waals surface area (Å²) in [7, 11) is 0. The van der Waals surface area contributed by atoms with Crippen LogP contribution in [0.15, 0.2) is 48.7 Å². The largest absolute Gasteiger partial charge is 0.325 e. The number of aromatic nitrogens is 2. The summed E-state index contributed by atoms with van der Waals surface area (Å²) < 4.78 is 13.8. The Kier molecular flexibility index (Phi) is 2.93. The Morgan fingerprint density at radius 3 is 2.58 bits per heavy atom. The van der Waals surface area contributed by atoms with Gasteiger partial charge in [-0.15, -0.1) is 0 Å². The van der Waals surface area contributed by atoms with Gasteiger partial charge in [0.2, 0.25) is 0 Å². The van der Waals surface area contributed by atoms with Crippen molar-refractivity contribution >= 4 is 10.8 Å². The second-order valence-corrected chi connectivity index (χ2v) is 4.22. The first-order chi connectivity index (χ1) is 9.29. The second-order valence-electron chi connectivity index (χ2n) is 4.22. The van der Waals surface area contributed by atoms with Crippen LogP contribution in [0.1, 0.15) is 5.69 Å². The smallest absolute Gasteiger partial charge is 0.160 e. The molecular weight excluding hydrogens is 241 g/mol. The van der Waals surface area contributed by atoms with Crippen LogP contribution in [0.4, 0.5) is 4.39 Å². The molecule has 0 bridgehead atoms. The lowest BCUT2D eigenvalue weighted by atomic mass is 10.0. The summed E-state index contributed by atoms with van der Waals surface area (Å²) in [6.07, 6.45) is 1.67. The molecule has 3 nitrogen and oxygen atoms in total. The number of benzene rings is 2. The normalized spacial score (nSPS) is 10.8. The first-order valence-corrected chi connectivity index (χ1v) is 5.99. The van der Waals surface area contributed by atoms with Gasteiger partial charge >= 0.3 is 0 Å². The van der Waals surface area contributed by atoms with E-state index in [0.717, 1.165) is 16.6 Å². The minimum absolute atomic E-state index is 0.241. The number of hydrogen-bond donors (Lipinski definition) is 1. The number of nitrogens with zero attached hydrogens (tertiary/aromatic N) is 2. The zero-order valence-electron chi connectivity index (χ0n) is 10.2. The van der Waals surface area contributed by atoms with Crippen LogP contribution in [0.25, 0.3) is 22.2 Å². The molecule has 0 aliphatic rings. The molecule has 0 unspecified atom stereocenters. The second kappa shape index (κ2) is 4.74. The first-order valence-electron chi connectivity index (χ1n) is 5.99. The Labute approximate surface area is 109 Å². The van der Waals surface area contributed by atoms with E-state index in [-0.39, 0.29) is 5.82 Å². The topological polar surface area (TPSA) is 51.8 Å². The van der Waals surface area contributed by atoms with Crippen molar-refractivity contribution in [3.05, 3.63) is 60.2 Å². The molecule has 0 aliphatic heterocycles. The van der Waals surface area contributed by atoms with E-state index in [1.807, 2.05) is 18.2 Å². The molecule has 2 aromatic carbocycles. The molecule has 0 fully saturated rings. The van der Waals surface area contributed by atoms with Gasteiger partial charge in [-0.25, -0.2) is 14.4 Å². The van der Waals surface area contributed by atoms with Gasteiger partial charge in [-0.3, -0.25) is 0 Å². The Hall–Kier alpha value is -2.33. The van der Waals surface area contributed by atoms with Crippen molar-refractivity contribution in [1.29, 1.82) is 0 Å². The fourth-order valence-electron chi connectivity index (χ4n) is 2.10. The molecule has 0 saturated heterocycles. The summed E-state index contributed by atoms with van der Waals surface area (Å²) in [5.41, 5.74) is 7.16. The number of fused-ring (bicyclic) bond motifs is 1. The van der Waals surface area contributed by atoms with E-state index in [2.05, 4.69) is 9.97 Å². The van der Waals surface area contributed by atoms with E-state index in [1.165, 1.54) is 6.07 Å². The summed E-state index contributed by atoms with van der Waals surface area (Å²) >= 11 is 0. The van der Waals surface area contributed by atoms with Crippen LogP contribution < -0.4 is 5.73 Å². The lowest BCUT2D eigenvalue weighted by Crippen LogP contribution is -2.01. The van der Waals surface area contributed by atoms with Gasteiger partial charge in [-0.1, -0.05) is 24.3 Å². The van der Waals surface area contributed by atoms with Crippen LogP contribution >= 0.6 is 0 Å².